The topological polar surface area (TPSA) is 42.7 Å². The van der Waals surface area contributed by atoms with Crippen molar-refractivity contribution in [2.24, 2.45) is 7.05 Å². The van der Waals surface area contributed by atoms with Gasteiger partial charge >= 0.3 is 0 Å². The fourth-order valence-corrected chi connectivity index (χ4v) is 2.64. The molecule has 1 heterocycles. The Bertz CT molecular complexity index is 287. The van der Waals surface area contributed by atoms with Crippen LogP contribution in [0.25, 0.3) is 0 Å². The normalized spacial score (nSPS) is 15.2. The number of aryl methyl sites for hydroxylation is 1. The number of nitrogens with one attached hydrogen (secondary N) is 1. The summed E-state index contributed by atoms with van der Waals surface area (Å²) in [6.07, 6.45) is 2.74. The van der Waals surface area contributed by atoms with Crippen molar-refractivity contribution in [3.05, 3.63) is 6.33 Å². The number of thioether (sulfide) groups is 1. The van der Waals surface area contributed by atoms with Gasteiger partial charge in [-0.1, -0.05) is 32.5 Å². The zero-order chi connectivity index (χ0) is 11.3. The predicted molar refractivity (Wildman–Crippen MR) is 64.1 cm³/mol. The molecule has 0 spiro atoms. The van der Waals surface area contributed by atoms with E-state index in [9.17, 15) is 0 Å². The van der Waals surface area contributed by atoms with E-state index in [1.165, 1.54) is 0 Å². The highest BCUT2D eigenvalue weighted by Gasteiger charge is 2.17. The predicted octanol–water partition coefficient (Wildman–Crippen LogP) is 1.68. The summed E-state index contributed by atoms with van der Waals surface area (Å²) >= 11 is 1.78. The largest absolute Gasteiger partial charge is 0.313 e. The van der Waals surface area contributed by atoms with Gasteiger partial charge in [-0.05, 0) is 13.0 Å². The second-order valence-corrected chi connectivity index (χ2v) is 4.91. The van der Waals surface area contributed by atoms with Gasteiger partial charge < -0.3 is 5.32 Å². The molecule has 0 aliphatic rings. The maximum absolute atomic E-state index is 4.22. The van der Waals surface area contributed by atoms with Crippen LogP contribution in [0.15, 0.2) is 11.5 Å². The van der Waals surface area contributed by atoms with Gasteiger partial charge in [0.2, 0.25) is 0 Å². The molecule has 1 aromatic heterocycles. The average Bonchev–Trinajstić information content (AvgIpc) is 2.60. The quantitative estimate of drug-likeness (QED) is 0.752. The molecule has 4 nitrogen and oxygen atoms in total. The van der Waals surface area contributed by atoms with Crippen LogP contribution in [0.3, 0.4) is 0 Å². The van der Waals surface area contributed by atoms with Crippen molar-refractivity contribution in [1.29, 1.82) is 0 Å². The highest BCUT2D eigenvalue weighted by atomic mass is 32.2. The van der Waals surface area contributed by atoms with E-state index in [1.54, 1.807) is 18.1 Å². The summed E-state index contributed by atoms with van der Waals surface area (Å²) in [5.41, 5.74) is 0. The van der Waals surface area contributed by atoms with E-state index in [4.69, 9.17) is 0 Å². The standard InChI is InChI=1S/C10H20N4S/c1-5-9(11-6-2)8(3)15-10-12-7-13-14(10)4/h7-9,11H,5-6H2,1-4H3. The Morgan fingerprint density at radius 3 is 2.73 bits per heavy atom. The van der Waals surface area contributed by atoms with Crippen molar-refractivity contribution in [3.8, 4) is 0 Å². The zero-order valence-corrected chi connectivity index (χ0v) is 10.7. The van der Waals surface area contributed by atoms with Gasteiger partial charge in [-0.15, -0.1) is 0 Å². The van der Waals surface area contributed by atoms with Crippen LogP contribution >= 0.6 is 11.8 Å². The molecule has 0 saturated heterocycles. The van der Waals surface area contributed by atoms with Crippen LogP contribution in [0.5, 0.6) is 0 Å². The maximum Gasteiger partial charge on any atom is 0.186 e. The van der Waals surface area contributed by atoms with E-state index in [0.29, 0.717) is 11.3 Å². The minimum Gasteiger partial charge on any atom is -0.313 e. The lowest BCUT2D eigenvalue weighted by atomic mass is 10.2. The lowest BCUT2D eigenvalue weighted by Crippen LogP contribution is -2.36. The van der Waals surface area contributed by atoms with Gasteiger partial charge in [0.25, 0.3) is 0 Å². The molecule has 2 atom stereocenters. The van der Waals surface area contributed by atoms with E-state index < -0.39 is 0 Å². The zero-order valence-electron chi connectivity index (χ0n) is 9.90. The Morgan fingerprint density at radius 2 is 2.27 bits per heavy atom. The van der Waals surface area contributed by atoms with Gasteiger partial charge in [-0.25, -0.2) is 9.67 Å². The Hall–Kier alpha value is -0.550. The fraction of sp³-hybridized carbons (Fsp3) is 0.800. The van der Waals surface area contributed by atoms with Crippen molar-refractivity contribution in [2.75, 3.05) is 6.54 Å². The van der Waals surface area contributed by atoms with Gasteiger partial charge in [0, 0.05) is 18.3 Å². The molecule has 0 amide bonds. The van der Waals surface area contributed by atoms with Crippen molar-refractivity contribution in [2.45, 2.75) is 43.6 Å². The first kappa shape index (κ1) is 12.5. The number of aromatic nitrogens is 3. The van der Waals surface area contributed by atoms with E-state index in [2.05, 4.69) is 36.2 Å². The molecular weight excluding hydrogens is 208 g/mol. The molecule has 0 aliphatic heterocycles. The highest BCUT2D eigenvalue weighted by molar-refractivity contribution is 7.99. The third-order valence-electron chi connectivity index (χ3n) is 2.43. The summed E-state index contributed by atoms with van der Waals surface area (Å²) < 4.78 is 1.82. The smallest absolute Gasteiger partial charge is 0.186 e. The summed E-state index contributed by atoms with van der Waals surface area (Å²) in [7, 11) is 1.93. The van der Waals surface area contributed by atoms with Crippen LogP contribution in [0.2, 0.25) is 0 Å². The first-order valence-electron chi connectivity index (χ1n) is 5.43. The van der Waals surface area contributed by atoms with E-state index in [0.717, 1.165) is 18.1 Å². The second-order valence-electron chi connectivity index (χ2n) is 3.56. The molecule has 0 fully saturated rings. The van der Waals surface area contributed by atoms with E-state index in [-0.39, 0.29) is 0 Å². The Morgan fingerprint density at radius 1 is 1.53 bits per heavy atom. The molecule has 0 bridgehead atoms. The minimum absolute atomic E-state index is 0.512. The Labute approximate surface area is 95.9 Å². The Kier molecular flexibility index (Phi) is 5.11. The van der Waals surface area contributed by atoms with Crippen molar-refractivity contribution in [3.63, 3.8) is 0 Å². The molecule has 0 aliphatic carbocycles. The second kappa shape index (κ2) is 6.12. The van der Waals surface area contributed by atoms with Crippen LogP contribution in [-0.4, -0.2) is 32.6 Å². The maximum atomic E-state index is 4.22. The average molecular weight is 228 g/mol. The van der Waals surface area contributed by atoms with Crippen molar-refractivity contribution in [1.82, 2.24) is 20.1 Å². The summed E-state index contributed by atoms with van der Waals surface area (Å²) in [6, 6.07) is 0.539. The number of rotatable bonds is 6. The first-order valence-corrected chi connectivity index (χ1v) is 6.31. The van der Waals surface area contributed by atoms with Gasteiger partial charge in [0.05, 0.1) is 0 Å². The van der Waals surface area contributed by atoms with Crippen LogP contribution in [0.1, 0.15) is 27.2 Å². The SMILES string of the molecule is CCNC(CC)C(C)Sc1ncnn1C. The molecule has 0 saturated carbocycles. The summed E-state index contributed by atoms with van der Waals surface area (Å²) in [5, 5.41) is 9.05. The van der Waals surface area contributed by atoms with E-state index in [1.807, 2.05) is 11.7 Å². The molecule has 86 valence electrons. The summed E-state index contributed by atoms with van der Waals surface area (Å²) in [6.45, 7) is 7.60. The van der Waals surface area contributed by atoms with Gasteiger partial charge in [0.15, 0.2) is 5.16 Å². The number of hydrogen-bond donors (Lipinski definition) is 1. The van der Waals surface area contributed by atoms with Gasteiger partial charge in [-0.3, -0.25) is 0 Å². The third kappa shape index (κ3) is 3.50. The van der Waals surface area contributed by atoms with Crippen LogP contribution in [0.4, 0.5) is 0 Å². The van der Waals surface area contributed by atoms with Crippen LogP contribution in [0, 0.1) is 0 Å². The molecular formula is C10H20N4S. The number of hydrogen-bond acceptors (Lipinski definition) is 4. The van der Waals surface area contributed by atoms with Crippen LogP contribution in [-0.2, 0) is 7.05 Å². The van der Waals surface area contributed by atoms with Crippen molar-refractivity contribution < 1.29 is 0 Å². The fourth-order valence-electron chi connectivity index (χ4n) is 1.55. The summed E-state index contributed by atoms with van der Waals surface area (Å²) in [5.74, 6) is 0. The highest BCUT2D eigenvalue weighted by Crippen LogP contribution is 2.23. The minimum atomic E-state index is 0.512. The monoisotopic (exact) mass is 228 g/mol. The lowest BCUT2D eigenvalue weighted by molar-refractivity contribution is 0.507. The molecule has 1 rings (SSSR count). The molecule has 5 heteroatoms. The molecule has 0 aromatic carbocycles. The number of nitrogens with zero attached hydrogens (tertiary/aromatic N) is 3. The van der Waals surface area contributed by atoms with Crippen LogP contribution < -0.4 is 5.32 Å². The van der Waals surface area contributed by atoms with Gasteiger partial charge in [0.1, 0.15) is 6.33 Å². The molecule has 0 radical (unpaired) electrons. The van der Waals surface area contributed by atoms with Crippen molar-refractivity contribution >= 4 is 11.8 Å². The lowest BCUT2D eigenvalue weighted by Gasteiger charge is -2.22. The molecule has 15 heavy (non-hydrogen) atoms. The summed E-state index contributed by atoms with van der Waals surface area (Å²) in [4.78, 5) is 4.22. The van der Waals surface area contributed by atoms with Gasteiger partial charge in [-0.2, -0.15) is 5.10 Å². The molecule has 2 unspecified atom stereocenters. The first-order chi connectivity index (χ1) is 7.19. The Balaban J connectivity index is 2.53. The third-order valence-corrected chi connectivity index (χ3v) is 3.71. The molecule has 1 aromatic rings. The van der Waals surface area contributed by atoms with E-state index >= 15 is 0 Å². The molecule has 1 N–H and O–H groups in total.